The van der Waals surface area contributed by atoms with Crippen LogP contribution in [0, 0.1) is 0 Å². The third-order valence-corrected chi connectivity index (χ3v) is 7.27. The van der Waals surface area contributed by atoms with Crippen molar-refractivity contribution < 1.29 is 18.0 Å². The molecule has 2 N–H and O–H groups in total. The number of amides is 1. The fourth-order valence-electron chi connectivity index (χ4n) is 5.20. The lowest BCUT2D eigenvalue weighted by Crippen LogP contribution is -2.34. The Bertz CT molecular complexity index is 1200. The minimum absolute atomic E-state index is 0.0396. The number of nitrogens with one attached hydrogen (secondary N) is 2. The number of piperidine rings is 1. The SMILES string of the molecule is CCN(CC)C(=O)c1ccc(CC2=CC=CC(NCc3cccc(C(F)(F)F)c3)C2=C2CCNCC2)cc1. The molecule has 0 aromatic heterocycles. The molecule has 2 aromatic rings. The number of nitrogens with zero attached hydrogens (tertiary/aromatic N) is 1. The number of hydrogen-bond acceptors (Lipinski definition) is 3. The van der Waals surface area contributed by atoms with Gasteiger partial charge in [-0.2, -0.15) is 13.2 Å². The van der Waals surface area contributed by atoms with Crippen molar-refractivity contribution in [2.45, 2.75) is 51.9 Å². The molecule has 2 aliphatic rings. The quantitative estimate of drug-likeness (QED) is 0.442. The van der Waals surface area contributed by atoms with E-state index in [0.717, 1.165) is 44.0 Å². The molecule has 1 saturated heterocycles. The van der Waals surface area contributed by atoms with Crippen LogP contribution in [-0.4, -0.2) is 43.0 Å². The third kappa shape index (κ3) is 6.83. The van der Waals surface area contributed by atoms with Gasteiger partial charge in [-0.15, -0.1) is 0 Å². The topological polar surface area (TPSA) is 44.4 Å². The molecule has 1 aliphatic carbocycles. The fraction of sp³-hybridized carbons (Fsp3) is 0.387. The summed E-state index contributed by atoms with van der Waals surface area (Å²) < 4.78 is 39.6. The molecular formula is C31H36F3N3O. The highest BCUT2D eigenvalue weighted by molar-refractivity contribution is 5.94. The zero-order valence-electron chi connectivity index (χ0n) is 22.1. The molecule has 1 fully saturated rings. The molecule has 0 bridgehead atoms. The maximum atomic E-state index is 13.2. The number of carbonyl (C=O) groups is 1. The Balaban J connectivity index is 1.53. The molecule has 7 heteroatoms. The van der Waals surface area contributed by atoms with Gasteiger partial charge < -0.3 is 15.5 Å². The number of hydrogen-bond donors (Lipinski definition) is 2. The lowest BCUT2D eigenvalue weighted by Gasteiger charge is -2.30. The van der Waals surface area contributed by atoms with Gasteiger partial charge in [0.2, 0.25) is 0 Å². The Kier molecular flexibility index (Phi) is 9.23. The first-order valence-corrected chi connectivity index (χ1v) is 13.4. The zero-order valence-corrected chi connectivity index (χ0v) is 22.1. The maximum absolute atomic E-state index is 13.2. The van der Waals surface area contributed by atoms with Crippen molar-refractivity contribution in [3.8, 4) is 0 Å². The molecular weight excluding hydrogens is 487 g/mol. The molecule has 202 valence electrons. The molecule has 0 saturated carbocycles. The summed E-state index contributed by atoms with van der Waals surface area (Å²) in [6, 6.07) is 13.3. The monoisotopic (exact) mass is 523 g/mol. The molecule has 1 amide bonds. The Hall–Kier alpha value is -3.16. The van der Waals surface area contributed by atoms with Crippen LogP contribution in [0.25, 0.3) is 0 Å². The Morgan fingerprint density at radius 3 is 2.39 bits per heavy atom. The van der Waals surface area contributed by atoms with Crippen LogP contribution < -0.4 is 10.6 Å². The average molecular weight is 524 g/mol. The van der Waals surface area contributed by atoms with Gasteiger partial charge in [0.05, 0.1) is 11.6 Å². The van der Waals surface area contributed by atoms with Crippen LogP contribution in [0.1, 0.15) is 53.7 Å². The van der Waals surface area contributed by atoms with Crippen LogP contribution in [0.5, 0.6) is 0 Å². The van der Waals surface area contributed by atoms with Gasteiger partial charge in [0.1, 0.15) is 0 Å². The maximum Gasteiger partial charge on any atom is 0.416 e. The van der Waals surface area contributed by atoms with Crippen molar-refractivity contribution in [1.82, 2.24) is 15.5 Å². The van der Waals surface area contributed by atoms with Gasteiger partial charge in [-0.1, -0.05) is 54.1 Å². The lowest BCUT2D eigenvalue weighted by atomic mass is 9.83. The largest absolute Gasteiger partial charge is 0.416 e. The van der Waals surface area contributed by atoms with Crippen molar-refractivity contribution in [2.24, 2.45) is 0 Å². The first-order chi connectivity index (χ1) is 18.3. The summed E-state index contributed by atoms with van der Waals surface area (Å²) in [6.07, 6.45) is 4.51. The molecule has 1 heterocycles. The number of halogens is 3. The van der Waals surface area contributed by atoms with Gasteiger partial charge in [-0.05, 0) is 86.7 Å². The van der Waals surface area contributed by atoms with E-state index in [-0.39, 0.29) is 11.9 Å². The molecule has 0 spiro atoms. The zero-order chi connectivity index (χ0) is 27.1. The van der Waals surface area contributed by atoms with E-state index in [0.29, 0.717) is 30.8 Å². The summed E-state index contributed by atoms with van der Waals surface area (Å²) >= 11 is 0. The summed E-state index contributed by atoms with van der Waals surface area (Å²) in [5.41, 5.74) is 5.61. The van der Waals surface area contributed by atoms with E-state index in [4.69, 9.17) is 0 Å². The molecule has 4 nitrogen and oxygen atoms in total. The average Bonchev–Trinajstić information content (AvgIpc) is 2.93. The standard InChI is InChI=1S/C31H36F3N3O/c1-3-37(4-2)30(38)25-13-11-22(12-14-25)19-26-8-6-10-28(29(26)24-15-17-35-18-16-24)36-21-23-7-5-9-27(20-23)31(32,33)34/h5-14,20,28,35-36H,3-4,15-19,21H2,1-2H3. The highest BCUT2D eigenvalue weighted by atomic mass is 19.4. The molecule has 1 unspecified atom stereocenters. The predicted octanol–water partition coefficient (Wildman–Crippen LogP) is 6.06. The van der Waals surface area contributed by atoms with Gasteiger partial charge in [-0.25, -0.2) is 0 Å². The second kappa shape index (κ2) is 12.6. The van der Waals surface area contributed by atoms with E-state index < -0.39 is 11.7 Å². The van der Waals surface area contributed by atoms with Gasteiger partial charge in [-0.3, -0.25) is 4.79 Å². The normalized spacial score (nSPS) is 17.9. The minimum Gasteiger partial charge on any atom is -0.339 e. The Labute approximate surface area is 223 Å². The molecule has 1 atom stereocenters. The van der Waals surface area contributed by atoms with Crippen LogP contribution in [-0.2, 0) is 19.1 Å². The second-order valence-electron chi connectivity index (χ2n) is 9.75. The summed E-state index contributed by atoms with van der Waals surface area (Å²) in [6.45, 7) is 7.48. The van der Waals surface area contributed by atoms with Gasteiger partial charge in [0, 0.05) is 25.2 Å². The van der Waals surface area contributed by atoms with E-state index >= 15 is 0 Å². The summed E-state index contributed by atoms with van der Waals surface area (Å²) in [5.74, 6) is 0.0396. The first kappa shape index (κ1) is 27.9. The van der Waals surface area contributed by atoms with Crippen molar-refractivity contribution in [3.05, 3.63) is 106 Å². The van der Waals surface area contributed by atoms with Crippen molar-refractivity contribution in [1.29, 1.82) is 0 Å². The minimum atomic E-state index is -4.36. The van der Waals surface area contributed by atoms with E-state index in [1.54, 1.807) is 6.07 Å². The van der Waals surface area contributed by atoms with Crippen molar-refractivity contribution in [3.63, 3.8) is 0 Å². The molecule has 4 rings (SSSR count). The lowest BCUT2D eigenvalue weighted by molar-refractivity contribution is -0.137. The molecule has 0 radical (unpaired) electrons. The van der Waals surface area contributed by atoms with E-state index in [1.165, 1.54) is 28.9 Å². The van der Waals surface area contributed by atoms with E-state index in [1.807, 2.05) is 49.1 Å². The number of rotatable bonds is 8. The molecule has 38 heavy (non-hydrogen) atoms. The van der Waals surface area contributed by atoms with Crippen LogP contribution in [0.3, 0.4) is 0 Å². The predicted molar refractivity (Wildman–Crippen MR) is 146 cm³/mol. The number of alkyl halides is 3. The Morgan fingerprint density at radius 2 is 1.74 bits per heavy atom. The molecule has 1 aliphatic heterocycles. The van der Waals surface area contributed by atoms with Gasteiger partial charge in [0.15, 0.2) is 0 Å². The van der Waals surface area contributed by atoms with Gasteiger partial charge >= 0.3 is 6.18 Å². The van der Waals surface area contributed by atoms with Crippen molar-refractivity contribution >= 4 is 5.91 Å². The summed E-state index contributed by atoms with van der Waals surface area (Å²) in [7, 11) is 0. The highest BCUT2D eigenvalue weighted by Crippen LogP contribution is 2.32. The number of carbonyl (C=O) groups excluding carboxylic acids is 1. The second-order valence-corrected chi connectivity index (χ2v) is 9.75. The van der Waals surface area contributed by atoms with Gasteiger partial charge in [0.25, 0.3) is 5.91 Å². The van der Waals surface area contributed by atoms with Crippen LogP contribution in [0.2, 0.25) is 0 Å². The van der Waals surface area contributed by atoms with E-state index in [2.05, 4.69) is 22.8 Å². The number of allylic oxidation sites excluding steroid dienone is 2. The Morgan fingerprint density at radius 1 is 1.03 bits per heavy atom. The van der Waals surface area contributed by atoms with E-state index in [9.17, 15) is 18.0 Å². The summed E-state index contributed by atoms with van der Waals surface area (Å²) in [5, 5.41) is 6.92. The first-order valence-electron chi connectivity index (χ1n) is 13.4. The highest BCUT2D eigenvalue weighted by Gasteiger charge is 2.30. The van der Waals surface area contributed by atoms with Crippen LogP contribution in [0.15, 0.2) is 83.5 Å². The fourth-order valence-corrected chi connectivity index (χ4v) is 5.20. The third-order valence-electron chi connectivity index (χ3n) is 7.27. The summed E-state index contributed by atoms with van der Waals surface area (Å²) in [4.78, 5) is 14.5. The van der Waals surface area contributed by atoms with Crippen LogP contribution >= 0.6 is 0 Å². The van der Waals surface area contributed by atoms with Crippen molar-refractivity contribution in [2.75, 3.05) is 26.2 Å². The molecule has 2 aromatic carbocycles. The van der Waals surface area contributed by atoms with Crippen LogP contribution in [0.4, 0.5) is 13.2 Å². The smallest absolute Gasteiger partial charge is 0.339 e. The number of benzene rings is 2.